The second kappa shape index (κ2) is 9.43. The van der Waals surface area contributed by atoms with E-state index >= 15 is 0 Å². The van der Waals surface area contributed by atoms with Crippen molar-refractivity contribution in [2.24, 2.45) is 0 Å². The molecular formula is C10H22O5S2. The van der Waals surface area contributed by atoms with Gasteiger partial charge in [0.2, 0.25) is 0 Å². The summed E-state index contributed by atoms with van der Waals surface area (Å²) >= 11 is 2.94. The first-order valence-electron chi connectivity index (χ1n) is 5.55. The van der Waals surface area contributed by atoms with Gasteiger partial charge in [-0.05, 0) is 11.5 Å². The Morgan fingerprint density at radius 2 is 1.29 bits per heavy atom. The molecule has 0 aliphatic carbocycles. The van der Waals surface area contributed by atoms with E-state index in [1.54, 1.807) is 0 Å². The molecule has 0 aromatic carbocycles. The van der Waals surface area contributed by atoms with Crippen LogP contribution in [0.5, 0.6) is 0 Å². The number of thioether (sulfide) groups is 2. The minimum absolute atomic E-state index is 0.263. The third kappa shape index (κ3) is 5.78. The maximum Gasteiger partial charge on any atom is 0.111 e. The Morgan fingerprint density at radius 1 is 0.824 bits per heavy atom. The largest absolute Gasteiger partial charge is 0.394 e. The van der Waals surface area contributed by atoms with Crippen molar-refractivity contribution in [2.75, 3.05) is 18.1 Å². The summed E-state index contributed by atoms with van der Waals surface area (Å²) in [6, 6.07) is 0. The highest BCUT2D eigenvalue weighted by molar-refractivity contribution is 8.17. The summed E-state index contributed by atoms with van der Waals surface area (Å²) in [4.78, 5) is 0. The van der Waals surface area contributed by atoms with Gasteiger partial charge in [0.25, 0.3) is 0 Å². The van der Waals surface area contributed by atoms with Gasteiger partial charge in [-0.1, -0.05) is 13.8 Å². The van der Waals surface area contributed by atoms with Gasteiger partial charge in [-0.3, -0.25) is 0 Å². The van der Waals surface area contributed by atoms with Gasteiger partial charge < -0.3 is 25.5 Å². The van der Waals surface area contributed by atoms with E-state index in [4.69, 9.17) is 5.11 Å². The summed E-state index contributed by atoms with van der Waals surface area (Å²) in [6.45, 7) is 3.22. The highest BCUT2D eigenvalue weighted by atomic mass is 32.2. The van der Waals surface area contributed by atoms with E-state index in [0.717, 1.165) is 11.5 Å². The lowest BCUT2D eigenvalue weighted by atomic mass is 10.0. The summed E-state index contributed by atoms with van der Waals surface area (Å²) in [5.74, 6) is 1.56. The zero-order valence-corrected chi connectivity index (χ0v) is 11.7. The van der Waals surface area contributed by atoms with Gasteiger partial charge in [-0.15, -0.1) is 23.5 Å². The molecule has 0 rings (SSSR count). The molecule has 0 aromatic heterocycles. The molecule has 0 spiro atoms. The fourth-order valence-electron chi connectivity index (χ4n) is 1.27. The van der Waals surface area contributed by atoms with E-state index in [-0.39, 0.29) is 4.58 Å². The molecule has 0 saturated heterocycles. The fourth-order valence-corrected chi connectivity index (χ4v) is 3.85. The van der Waals surface area contributed by atoms with Crippen molar-refractivity contribution in [3.05, 3.63) is 0 Å². The Balaban J connectivity index is 4.46. The maximum absolute atomic E-state index is 9.91. The highest BCUT2D eigenvalue weighted by Crippen LogP contribution is 2.29. The van der Waals surface area contributed by atoms with Crippen molar-refractivity contribution in [1.82, 2.24) is 0 Å². The Hall–Kier alpha value is 0.500. The molecule has 0 radical (unpaired) electrons. The standard InChI is InChI=1S/C10H22O5S2/c1-3-16-10(17-4-2)9(15)8(14)7(13)6(12)5-11/h6-15H,3-5H2,1-2H3/t6-,7+,8+,9-/m1/s1. The van der Waals surface area contributed by atoms with Crippen LogP contribution in [-0.2, 0) is 0 Å². The summed E-state index contributed by atoms with van der Waals surface area (Å²) in [5, 5.41) is 47.0. The molecule has 5 nitrogen and oxygen atoms in total. The molecule has 0 amide bonds. The molecule has 0 unspecified atom stereocenters. The first kappa shape index (κ1) is 17.5. The quantitative estimate of drug-likeness (QED) is 0.356. The van der Waals surface area contributed by atoms with Gasteiger partial charge in [-0.25, -0.2) is 0 Å². The van der Waals surface area contributed by atoms with Crippen LogP contribution in [0.25, 0.3) is 0 Å². The lowest BCUT2D eigenvalue weighted by Gasteiger charge is -2.30. The SMILES string of the molecule is CCSC(SCC)[C@H](O)[C@@H](O)[C@@H](O)[C@H](O)CO. The van der Waals surface area contributed by atoms with Crippen molar-refractivity contribution >= 4 is 23.5 Å². The molecule has 104 valence electrons. The molecule has 0 saturated carbocycles. The fraction of sp³-hybridized carbons (Fsp3) is 1.00. The average Bonchev–Trinajstić information content (AvgIpc) is 2.34. The van der Waals surface area contributed by atoms with E-state index in [1.165, 1.54) is 23.5 Å². The Morgan fingerprint density at radius 3 is 1.65 bits per heavy atom. The van der Waals surface area contributed by atoms with Crippen LogP contribution in [0.1, 0.15) is 13.8 Å². The smallest absolute Gasteiger partial charge is 0.111 e. The molecule has 5 N–H and O–H groups in total. The van der Waals surface area contributed by atoms with Gasteiger partial charge in [-0.2, -0.15) is 0 Å². The number of rotatable bonds is 9. The van der Waals surface area contributed by atoms with Crippen LogP contribution in [0.15, 0.2) is 0 Å². The van der Waals surface area contributed by atoms with Crippen LogP contribution >= 0.6 is 23.5 Å². The maximum atomic E-state index is 9.91. The number of aliphatic hydroxyl groups excluding tert-OH is 5. The predicted molar refractivity (Wildman–Crippen MR) is 71.2 cm³/mol. The average molecular weight is 286 g/mol. The van der Waals surface area contributed by atoms with Crippen LogP contribution in [-0.4, -0.2) is 72.6 Å². The van der Waals surface area contributed by atoms with Gasteiger partial charge in [0.15, 0.2) is 0 Å². The third-order valence-electron chi connectivity index (χ3n) is 2.22. The van der Waals surface area contributed by atoms with Gasteiger partial charge in [0.05, 0.1) is 11.2 Å². The Labute approximate surface area is 110 Å². The van der Waals surface area contributed by atoms with Gasteiger partial charge >= 0.3 is 0 Å². The van der Waals surface area contributed by atoms with Crippen LogP contribution in [0.2, 0.25) is 0 Å². The van der Waals surface area contributed by atoms with Gasteiger partial charge in [0, 0.05) is 0 Å². The Kier molecular flexibility index (Phi) is 9.71. The molecular weight excluding hydrogens is 264 g/mol. The minimum Gasteiger partial charge on any atom is -0.394 e. The number of hydrogen-bond donors (Lipinski definition) is 5. The lowest BCUT2D eigenvalue weighted by Crippen LogP contribution is -2.48. The third-order valence-corrected chi connectivity index (χ3v) is 4.92. The first-order valence-corrected chi connectivity index (χ1v) is 7.65. The topological polar surface area (TPSA) is 101 Å². The predicted octanol–water partition coefficient (Wildman–Crippen LogP) is -0.745. The van der Waals surface area contributed by atoms with Crippen molar-refractivity contribution in [3.63, 3.8) is 0 Å². The zero-order chi connectivity index (χ0) is 13.4. The van der Waals surface area contributed by atoms with Crippen molar-refractivity contribution in [3.8, 4) is 0 Å². The van der Waals surface area contributed by atoms with Crippen molar-refractivity contribution in [2.45, 2.75) is 42.8 Å². The molecule has 17 heavy (non-hydrogen) atoms. The summed E-state index contributed by atoms with van der Waals surface area (Å²) < 4.78 is -0.263. The van der Waals surface area contributed by atoms with Crippen LogP contribution in [0, 0.1) is 0 Å². The van der Waals surface area contributed by atoms with E-state index < -0.39 is 31.0 Å². The van der Waals surface area contributed by atoms with E-state index in [9.17, 15) is 20.4 Å². The number of aliphatic hydroxyl groups is 5. The molecule has 0 heterocycles. The summed E-state index contributed by atoms with van der Waals surface area (Å²) in [6.07, 6.45) is -5.62. The zero-order valence-electron chi connectivity index (χ0n) is 10.1. The monoisotopic (exact) mass is 286 g/mol. The van der Waals surface area contributed by atoms with Crippen molar-refractivity contribution in [1.29, 1.82) is 0 Å². The van der Waals surface area contributed by atoms with E-state index in [0.29, 0.717) is 0 Å². The summed E-state index contributed by atoms with van der Waals surface area (Å²) in [5.41, 5.74) is 0. The van der Waals surface area contributed by atoms with Crippen LogP contribution in [0.4, 0.5) is 0 Å². The lowest BCUT2D eigenvalue weighted by molar-refractivity contribution is -0.111. The number of hydrogen-bond acceptors (Lipinski definition) is 7. The molecule has 0 aliphatic heterocycles. The minimum atomic E-state index is -1.55. The molecule has 0 fully saturated rings. The molecule has 7 heteroatoms. The van der Waals surface area contributed by atoms with Gasteiger partial charge in [0.1, 0.15) is 24.4 Å². The first-order chi connectivity index (χ1) is 7.99. The second-order valence-electron chi connectivity index (χ2n) is 3.50. The van der Waals surface area contributed by atoms with Crippen LogP contribution < -0.4 is 0 Å². The molecule has 0 bridgehead atoms. The molecule has 4 atom stereocenters. The second-order valence-corrected chi connectivity index (χ2v) is 6.64. The normalized spacial score (nSPS) is 19.1. The molecule has 0 aromatic rings. The highest BCUT2D eigenvalue weighted by Gasteiger charge is 2.34. The summed E-state index contributed by atoms with van der Waals surface area (Å²) in [7, 11) is 0. The van der Waals surface area contributed by atoms with Crippen molar-refractivity contribution < 1.29 is 25.5 Å². The Bertz CT molecular complexity index is 190. The van der Waals surface area contributed by atoms with E-state index in [1.807, 2.05) is 13.8 Å². The van der Waals surface area contributed by atoms with Crippen LogP contribution in [0.3, 0.4) is 0 Å². The van der Waals surface area contributed by atoms with E-state index in [2.05, 4.69) is 0 Å². The molecule has 0 aliphatic rings.